The number of anilines is 1. The fraction of sp³-hybridized carbons (Fsp3) is 0.692. The zero-order valence-electron chi connectivity index (χ0n) is 10.5. The summed E-state index contributed by atoms with van der Waals surface area (Å²) < 4.78 is 0. The van der Waals surface area contributed by atoms with Gasteiger partial charge in [0.1, 0.15) is 11.6 Å². The molecule has 1 atom stereocenters. The number of fused-ring (bicyclic) bond motifs is 1. The molecule has 0 bridgehead atoms. The van der Waals surface area contributed by atoms with E-state index < -0.39 is 0 Å². The van der Waals surface area contributed by atoms with Crippen LogP contribution in [0.5, 0.6) is 0 Å². The summed E-state index contributed by atoms with van der Waals surface area (Å²) in [5.41, 5.74) is 2.63. The predicted molar refractivity (Wildman–Crippen MR) is 66.9 cm³/mol. The molecule has 0 amide bonds. The normalized spacial score (nSPS) is 15.9. The van der Waals surface area contributed by atoms with E-state index in [-0.39, 0.29) is 0 Å². The van der Waals surface area contributed by atoms with Crippen LogP contribution in [0.4, 0.5) is 5.82 Å². The SMILES string of the molecule is CCNc1nc(C(C)CC)nc2c1CCC2. The highest BCUT2D eigenvalue weighted by Gasteiger charge is 2.20. The average molecular weight is 219 g/mol. The number of nitrogens with one attached hydrogen (secondary N) is 1. The molecule has 1 unspecified atom stereocenters. The Morgan fingerprint density at radius 1 is 1.25 bits per heavy atom. The second-order valence-corrected chi connectivity index (χ2v) is 4.55. The fourth-order valence-electron chi connectivity index (χ4n) is 2.17. The van der Waals surface area contributed by atoms with E-state index in [0.29, 0.717) is 5.92 Å². The molecule has 88 valence electrons. The van der Waals surface area contributed by atoms with Crippen LogP contribution in [0.25, 0.3) is 0 Å². The van der Waals surface area contributed by atoms with Gasteiger partial charge in [-0.2, -0.15) is 0 Å². The van der Waals surface area contributed by atoms with Gasteiger partial charge in [0.15, 0.2) is 0 Å². The summed E-state index contributed by atoms with van der Waals surface area (Å²) in [5.74, 6) is 2.56. The van der Waals surface area contributed by atoms with Crippen molar-refractivity contribution < 1.29 is 0 Å². The molecule has 1 N–H and O–H groups in total. The lowest BCUT2D eigenvalue weighted by Crippen LogP contribution is -2.10. The first-order valence-electron chi connectivity index (χ1n) is 6.39. The Morgan fingerprint density at radius 3 is 2.75 bits per heavy atom. The monoisotopic (exact) mass is 219 g/mol. The first-order valence-corrected chi connectivity index (χ1v) is 6.39. The topological polar surface area (TPSA) is 37.8 Å². The van der Waals surface area contributed by atoms with Crippen LogP contribution in [0.2, 0.25) is 0 Å². The minimum atomic E-state index is 0.461. The zero-order valence-corrected chi connectivity index (χ0v) is 10.5. The van der Waals surface area contributed by atoms with Crippen molar-refractivity contribution in [1.82, 2.24) is 9.97 Å². The average Bonchev–Trinajstić information content (AvgIpc) is 2.76. The lowest BCUT2D eigenvalue weighted by Gasteiger charge is -2.13. The maximum Gasteiger partial charge on any atom is 0.133 e. The third kappa shape index (κ3) is 2.04. The Morgan fingerprint density at radius 2 is 2.06 bits per heavy atom. The number of aromatic nitrogens is 2. The Kier molecular flexibility index (Phi) is 3.42. The van der Waals surface area contributed by atoms with E-state index in [1.54, 1.807) is 0 Å². The van der Waals surface area contributed by atoms with Crippen molar-refractivity contribution in [3.63, 3.8) is 0 Å². The molecule has 0 fully saturated rings. The largest absolute Gasteiger partial charge is 0.370 e. The molecule has 0 saturated heterocycles. The van der Waals surface area contributed by atoms with E-state index in [4.69, 9.17) is 4.98 Å². The molecule has 1 aromatic rings. The summed E-state index contributed by atoms with van der Waals surface area (Å²) in [6.07, 6.45) is 4.59. The van der Waals surface area contributed by atoms with Crippen LogP contribution < -0.4 is 5.32 Å². The maximum atomic E-state index is 4.72. The van der Waals surface area contributed by atoms with Gasteiger partial charge in [-0.1, -0.05) is 13.8 Å². The molecule has 0 spiro atoms. The molecule has 3 heteroatoms. The minimum absolute atomic E-state index is 0.461. The molecule has 1 aromatic heterocycles. The zero-order chi connectivity index (χ0) is 11.5. The van der Waals surface area contributed by atoms with Gasteiger partial charge in [-0.25, -0.2) is 9.97 Å². The molecule has 0 radical (unpaired) electrons. The lowest BCUT2D eigenvalue weighted by atomic mass is 10.1. The molecule has 16 heavy (non-hydrogen) atoms. The predicted octanol–water partition coefficient (Wildman–Crippen LogP) is 2.91. The van der Waals surface area contributed by atoms with Crippen LogP contribution in [-0.4, -0.2) is 16.5 Å². The molecule has 2 rings (SSSR count). The van der Waals surface area contributed by atoms with Crippen molar-refractivity contribution in [3.8, 4) is 0 Å². The molecule has 0 aromatic carbocycles. The van der Waals surface area contributed by atoms with Crippen LogP contribution in [0.3, 0.4) is 0 Å². The highest BCUT2D eigenvalue weighted by atomic mass is 15.0. The summed E-state index contributed by atoms with van der Waals surface area (Å²) in [6, 6.07) is 0. The summed E-state index contributed by atoms with van der Waals surface area (Å²) in [5, 5.41) is 3.38. The number of rotatable bonds is 4. The van der Waals surface area contributed by atoms with Gasteiger partial charge in [0, 0.05) is 23.7 Å². The summed E-state index contributed by atoms with van der Waals surface area (Å²) in [7, 11) is 0. The van der Waals surface area contributed by atoms with Crippen LogP contribution in [-0.2, 0) is 12.8 Å². The van der Waals surface area contributed by atoms with Crippen molar-refractivity contribution in [2.45, 2.75) is 52.4 Å². The third-order valence-electron chi connectivity index (χ3n) is 3.35. The maximum absolute atomic E-state index is 4.72. The lowest BCUT2D eigenvalue weighted by molar-refractivity contribution is 0.672. The van der Waals surface area contributed by atoms with Gasteiger partial charge in [0.05, 0.1) is 0 Å². The second kappa shape index (κ2) is 4.81. The highest BCUT2D eigenvalue weighted by molar-refractivity contribution is 5.48. The first kappa shape index (κ1) is 11.4. The highest BCUT2D eigenvalue weighted by Crippen LogP contribution is 2.28. The quantitative estimate of drug-likeness (QED) is 0.846. The Labute approximate surface area is 97.7 Å². The fourth-order valence-corrected chi connectivity index (χ4v) is 2.17. The molecule has 3 nitrogen and oxygen atoms in total. The van der Waals surface area contributed by atoms with E-state index in [1.165, 1.54) is 17.7 Å². The summed E-state index contributed by atoms with van der Waals surface area (Å²) >= 11 is 0. The van der Waals surface area contributed by atoms with Gasteiger partial charge >= 0.3 is 0 Å². The van der Waals surface area contributed by atoms with Crippen molar-refractivity contribution in [2.24, 2.45) is 0 Å². The van der Waals surface area contributed by atoms with E-state index >= 15 is 0 Å². The summed E-state index contributed by atoms with van der Waals surface area (Å²) in [6.45, 7) is 7.44. The van der Waals surface area contributed by atoms with Gasteiger partial charge in [0.2, 0.25) is 0 Å². The molecule has 0 aliphatic heterocycles. The number of hydrogen-bond donors (Lipinski definition) is 1. The number of hydrogen-bond acceptors (Lipinski definition) is 3. The Hall–Kier alpha value is -1.12. The smallest absolute Gasteiger partial charge is 0.133 e. The van der Waals surface area contributed by atoms with Crippen LogP contribution in [0, 0.1) is 0 Å². The molecule has 1 aliphatic carbocycles. The number of nitrogens with zero attached hydrogens (tertiary/aromatic N) is 2. The van der Waals surface area contributed by atoms with E-state index in [0.717, 1.165) is 37.4 Å². The van der Waals surface area contributed by atoms with Gasteiger partial charge in [-0.05, 0) is 32.6 Å². The molecular weight excluding hydrogens is 198 g/mol. The van der Waals surface area contributed by atoms with Crippen LogP contribution >= 0.6 is 0 Å². The molecular formula is C13H21N3. The van der Waals surface area contributed by atoms with Crippen molar-refractivity contribution in [1.29, 1.82) is 0 Å². The van der Waals surface area contributed by atoms with Crippen molar-refractivity contribution >= 4 is 5.82 Å². The van der Waals surface area contributed by atoms with E-state index in [1.807, 2.05) is 0 Å². The third-order valence-corrected chi connectivity index (χ3v) is 3.35. The number of aryl methyl sites for hydroxylation is 1. The standard InChI is InChI=1S/C13H21N3/c1-4-9(3)12-15-11-8-6-7-10(11)13(16-12)14-5-2/h9H,4-8H2,1-3H3,(H,14,15,16). The van der Waals surface area contributed by atoms with Gasteiger partial charge in [-0.15, -0.1) is 0 Å². The van der Waals surface area contributed by atoms with Gasteiger partial charge in [-0.3, -0.25) is 0 Å². The van der Waals surface area contributed by atoms with Gasteiger partial charge < -0.3 is 5.32 Å². The van der Waals surface area contributed by atoms with Crippen molar-refractivity contribution in [3.05, 3.63) is 17.1 Å². The van der Waals surface area contributed by atoms with Gasteiger partial charge in [0.25, 0.3) is 0 Å². The van der Waals surface area contributed by atoms with Crippen LogP contribution in [0.1, 0.15) is 56.6 Å². The Bertz CT molecular complexity index is 374. The Balaban J connectivity index is 2.39. The molecule has 1 heterocycles. The molecule has 0 saturated carbocycles. The van der Waals surface area contributed by atoms with Crippen molar-refractivity contribution in [2.75, 3.05) is 11.9 Å². The first-order chi connectivity index (χ1) is 7.76. The van der Waals surface area contributed by atoms with E-state index in [2.05, 4.69) is 31.1 Å². The second-order valence-electron chi connectivity index (χ2n) is 4.55. The summed E-state index contributed by atoms with van der Waals surface area (Å²) in [4.78, 5) is 9.40. The van der Waals surface area contributed by atoms with E-state index in [9.17, 15) is 0 Å². The minimum Gasteiger partial charge on any atom is -0.370 e. The molecule has 1 aliphatic rings. The van der Waals surface area contributed by atoms with Crippen LogP contribution in [0.15, 0.2) is 0 Å².